The molecule has 0 saturated carbocycles. The van der Waals surface area contributed by atoms with Gasteiger partial charge in [-0.1, -0.05) is 0 Å². The quantitative estimate of drug-likeness (QED) is 0.803. The van der Waals surface area contributed by atoms with Crippen LogP contribution in [0.2, 0.25) is 0 Å². The van der Waals surface area contributed by atoms with Crippen LogP contribution < -0.4 is 10.6 Å². The fraction of sp³-hybridized carbons (Fsp3) is 0.833. The van der Waals surface area contributed by atoms with Gasteiger partial charge in [0.25, 0.3) is 0 Å². The lowest BCUT2D eigenvalue weighted by molar-refractivity contribution is -0.123. The number of rotatable bonds is 5. The number of ether oxygens (including phenoxy) is 1. The van der Waals surface area contributed by atoms with Gasteiger partial charge in [-0.05, 0) is 40.9 Å². The number of nitrogens with one attached hydrogen (secondary N) is 2. The van der Waals surface area contributed by atoms with Gasteiger partial charge in [-0.2, -0.15) is 11.8 Å². The maximum Gasteiger partial charge on any atom is 0.408 e. The minimum Gasteiger partial charge on any atom is -0.444 e. The molecular weight excluding hydrogens is 252 g/mol. The van der Waals surface area contributed by atoms with Crippen LogP contribution in [0.15, 0.2) is 0 Å². The Kier molecular flexibility index (Phi) is 7.13. The van der Waals surface area contributed by atoms with Crippen LogP contribution in [-0.2, 0) is 9.53 Å². The molecule has 18 heavy (non-hydrogen) atoms. The van der Waals surface area contributed by atoms with Gasteiger partial charge in [0, 0.05) is 11.8 Å². The molecule has 0 aliphatic rings. The van der Waals surface area contributed by atoms with Gasteiger partial charge in [0.15, 0.2) is 0 Å². The van der Waals surface area contributed by atoms with Gasteiger partial charge in [0.1, 0.15) is 11.6 Å². The third-order valence-corrected chi connectivity index (χ3v) is 2.77. The van der Waals surface area contributed by atoms with E-state index in [4.69, 9.17) is 4.74 Å². The van der Waals surface area contributed by atoms with Gasteiger partial charge < -0.3 is 15.4 Å². The summed E-state index contributed by atoms with van der Waals surface area (Å²) < 4.78 is 5.08. The van der Waals surface area contributed by atoms with Crippen LogP contribution in [0.25, 0.3) is 0 Å². The summed E-state index contributed by atoms with van der Waals surface area (Å²) in [6.07, 6.45) is 1.40. The van der Waals surface area contributed by atoms with Crippen LogP contribution in [0, 0.1) is 0 Å². The van der Waals surface area contributed by atoms with E-state index in [2.05, 4.69) is 10.6 Å². The smallest absolute Gasteiger partial charge is 0.408 e. The van der Waals surface area contributed by atoms with Crippen molar-refractivity contribution in [3.8, 4) is 0 Å². The minimum absolute atomic E-state index is 0.0791. The van der Waals surface area contributed by atoms with E-state index in [1.807, 2.05) is 13.2 Å². The van der Waals surface area contributed by atoms with E-state index in [1.165, 1.54) is 0 Å². The van der Waals surface area contributed by atoms with Gasteiger partial charge in [-0.15, -0.1) is 0 Å². The molecule has 0 aromatic carbocycles. The van der Waals surface area contributed by atoms with Crippen LogP contribution in [0.5, 0.6) is 0 Å². The van der Waals surface area contributed by atoms with Crippen molar-refractivity contribution >= 4 is 23.8 Å². The van der Waals surface area contributed by atoms with Crippen LogP contribution in [0.4, 0.5) is 4.79 Å². The summed E-state index contributed by atoms with van der Waals surface area (Å²) in [5.74, 6) is 0.632. The monoisotopic (exact) mass is 276 g/mol. The number of amides is 2. The fourth-order valence-corrected chi connectivity index (χ4v) is 1.79. The summed E-state index contributed by atoms with van der Waals surface area (Å²) >= 11 is 1.66. The highest BCUT2D eigenvalue weighted by Gasteiger charge is 2.21. The zero-order valence-corrected chi connectivity index (χ0v) is 12.8. The van der Waals surface area contributed by atoms with Crippen molar-refractivity contribution in [2.45, 2.75) is 52.3 Å². The third kappa shape index (κ3) is 8.22. The minimum atomic E-state index is -0.607. The molecule has 0 aromatic heterocycles. The lowest BCUT2D eigenvalue weighted by Crippen LogP contribution is -2.49. The number of thioether (sulfide) groups is 1. The number of hydrogen-bond acceptors (Lipinski definition) is 4. The van der Waals surface area contributed by atoms with Crippen molar-refractivity contribution in [1.82, 2.24) is 10.6 Å². The zero-order valence-electron chi connectivity index (χ0n) is 12.0. The fourth-order valence-electron chi connectivity index (χ4n) is 1.21. The third-order valence-electron chi connectivity index (χ3n) is 1.93. The molecule has 6 heteroatoms. The Labute approximate surface area is 113 Å². The van der Waals surface area contributed by atoms with E-state index in [1.54, 1.807) is 39.5 Å². The molecule has 0 aromatic rings. The number of carbonyl (C=O) groups excluding carboxylic acids is 2. The zero-order chi connectivity index (χ0) is 14.3. The Morgan fingerprint density at radius 1 is 1.22 bits per heavy atom. The van der Waals surface area contributed by atoms with E-state index in [9.17, 15) is 9.59 Å². The van der Waals surface area contributed by atoms with Crippen LogP contribution in [0.3, 0.4) is 0 Å². The highest BCUT2D eigenvalue weighted by atomic mass is 32.2. The first-order valence-corrected chi connectivity index (χ1v) is 7.34. The lowest BCUT2D eigenvalue weighted by Gasteiger charge is -2.22. The second kappa shape index (κ2) is 7.51. The Morgan fingerprint density at radius 3 is 2.22 bits per heavy atom. The van der Waals surface area contributed by atoms with E-state index in [0.717, 1.165) is 5.75 Å². The topological polar surface area (TPSA) is 67.4 Å². The molecule has 0 bridgehead atoms. The molecule has 0 heterocycles. The van der Waals surface area contributed by atoms with Crippen LogP contribution in [-0.4, -0.2) is 41.7 Å². The average Bonchev–Trinajstić information content (AvgIpc) is 2.14. The number of alkyl carbamates (subject to hydrolysis) is 1. The molecule has 0 radical (unpaired) electrons. The first-order chi connectivity index (χ1) is 8.15. The van der Waals surface area contributed by atoms with Crippen LogP contribution >= 0.6 is 11.8 Å². The molecule has 0 fully saturated rings. The van der Waals surface area contributed by atoms with E-state index in [-0.39, 0.29) is 11.9 Å². The van der Waals surface area contributed by atoms with Crippen molar-refractivity contribution in [2.24, 2.45) is 0 Å². The molecule has 0 saturated heterocycles. The van der Waals surface area contributed by atoms with Gasteiger partial charge in [-0.25, -0.2) is 4.79 Å². The van der Waals surface area contributed by atoms with E-state index < -0.39 is 17.7 Å². The standard InChI is InChI=1S/C12H24N2O3S/c1-8(7-18-6)13-10(15)9(2)14-11(16)17-12(3,4)5/h8-9H,7H2,1-6H3,(H,13,15)(H,14,16). The molecule has 2 amide bonds. The van der Waals surface area contributed by atoms with Crippen molar-refractivity contribution in [2.75, 3.05) is 12.0 Å². The lowest BCUT2D eigenvalue weighted by atomic mass is 10.2. The number of hydrogen-bond donors (Lipinski definition) is 2. The summed E-state index contributed by atoms with van der Waals surface area (Å²) in [5.41, 5.74) is -0.563. The predicted octanol–water partition coefficient (Wildman–Crippen LogP) is 1.77. The highest BCUT2D eigenvalue weighted by Crippen LogP contribution is 2.06. The largest absolute Gasteiger partial charge is 0.444 e. The van der Waals surface area contributed by atoms with Crippen molar-refractivity contribution in [3.05, 3.63) is 0 Å². The Hall–Kier alpha value is -0.910. The molecule has 0 aliphatic heterocycles. The summed E-state index contributed by atoms with van der Waals surface area (Å²) in [7, 11) is 0. The van der Waals surface area contributed by atoms with E-state index in [0.29, 0.717) is 0 Å². The predicted molar refractivity (Wildman–Crippen MR) is 74.8 cm³/mol. The van der Waals surface area contributed by atoms with Gasteiger partial charge >= 0.3 is 6.09 Å². The first-order valence-electron chi connectivity index (χ1n) is 5.94. The molecule has 106 valence electrons. The number of carbonyl (C=O) groups is 2. The molecule has 0 rings (SSSR count). The normalized spacial score (nSPS) is 14.6. The molecule has 2 N–H and O–H groups in total. The van der Waals surface area contributed by atoms with Crippen molar-refractivity contribution in [1.29, 1.82) is 0 Å². The molecule has 0 spiro atoms. The summed E-state index contributed by atoms with van der Waals surface area (Å²) in [4.78, 5) is 23.2. The second-order valence-electron chi connectivity index (χ2n) is 5.23. The molecule has 2 unspecified atom stereocenters. The average molecular weight is 276 g/mol. The summed E-state index contributed by atoms with van der Waals surface area (Å²) in [6, 6.07) is -0.528. The van der Waals surface area contributed by atoms with Crippen LogP contribution in [0.1, 0.15) is 34.6 Å². The Bertz CT molecular complexity index is 290. The van der Waals surface area contributed by atoms with Gasteiger partial charge in [0.2, 0.25) is 5.91 Å². The van der Waals surface area contributed by atoms with E-state index >= 15 is 0 Å². The molecular formula is C12H24N2O3S. The van der Waals surface area contributed by atoms with Gasteiger partial charge in [0.05, 0.1) is 0 Å². The molecule has 0 aliphatic carbocycles. The van der Waals surface area contributed by atoms with Gasteiger partial charge in [-0.3, -0.25) is 4.79 Å². The second-order valence-corrected chi connectivity index (χ2v) is 6.14. The SMILES string of the molecule is CSCC(C)NC(=O)C(C)NC(=O)OC(C)(C)C. The summed E-state index contributed by atoms with van der Waals surface area (Å²) in [6.45, 7) is 8.88. The summed E-state index contributed by atoms with van der Waals surface area (Å²) in [5, 5.41) is 5.32. The first kappa shape index (κ1) is 17.1. The maximum atomic E-state index is 11.7. The maximum absolute atomic E-state index is 11.7. The molecule has 5 nitrogen and oxygen atoms in total. The van der Waals surface area contributed by atoms with Crippen molar-refractivity contribution < 1.29 is 14.3 Å². The Balaban J connectivity index is 4.12. The van der Waals surface area contributed by atoms with Crippen molar-refractivity contribution in [3.63, 3.8) is 0 Å². The molecule has 2 atom stereocenters. The Morgan fingerprint density at radius 2 is 1.78 bits per heavy atom. The highest BCUT2D eigenvalue weighted by molar-refractivity contribution is 7.98.